The Morgan fingerprint density at radius 2 is 1.88 bits per heavy atom. The fraction of sp³-hybridized carbons (Fsp3) is 0.633. The zero-order valence-corrected chi connectivity index (χ0v) is 23.3. The predicted octanol–water partition coefficient (Wildman–Crippen LogP) is 2.74. The minimum atomic E-state index is -1.17. The monoisotopic (exact) mass is 568 g/mol. The Morgan fingerprint density at radius 3 is 2.63 bits per heavy atom. The van der Waals surface area contributed by atoms with E-state index in [2.05, 4.69) is 15.2 Å². The van der Waals surface area contributed by atoms with Crippen molar-refractivity contribution in [1.82, 2.24) is 24.7 Å². The lowest BCUT2D eigenvalue weighted by atomic mass is 9.66. The Kier molecular flexibility index (Phi) is 6.57. The summed E-state index contributed by atoms with van der Waals surface area (Å²) in [6.45, 7) is 4.00. The minimum absolute atomic E-state index is 0.136. The summed E-state index contributed by atoms with van der Waals surface area (Å²) in [4.78, 5) is 37.3. The van der Waals surface area contributed by atoms with Crippen molar-refractivity contribution in [2.24, 2.45) is 17.3 Å². The first-order valence-corrected chi connectivity index (χ1v) is 15.0. The molecule has 220 valence electrons. The smallest absolute Gasteiger partial charge is 0.320 e. The Balaban J connectivity index is 1.10. The molecule has 9 nitrogen and oxygen atoms in total. The second-order valence-electron chi connectivity index (χ2n) is 12.9. The van der Waals surface area contributed by atoms with E-state index in [9.17, 15) is 23.5 Å². The lowest BCUT2D eigenvalue weighted by Gasteiger charge is -2.53. The van der Waals surface area contributed by atoms with Gasteiger partial charge in [-0.1, -0.05) is 12.8 Å². The quantitative estimate of drug-likeness (QED) is 0.590. The van der Waals surface area contributed by atoms with Crippen LogP contribution in [0, 0.1) is 28.9 Å². The van der Waals surface area contributed by atoms with Crippen molar-refractivity contribution < 1.29 is 18.7 Å². The molecular weight excluding hydrogens is 530 g/mol. The maximum absolute atomic E-state index is 14.7. The molecule has 2 aromatic rings. The molecule has 5 fully saturated rings. The first-order chi connectivity index (χ1) is 19.8. The third-order valence-electron chi connectivity index (χ3n) is 10.5. The molecule has 11 heteroatoms. The van der Waals surface area contributed by atoms with E-state index < -0.39 is 28.7 Å². The van der Waals surface area contributed by atoms with Gasteiger partial charge in [-0.05, 0) is 55.7 Å². The molecular formula is C30H38F2N6O3. The van der Waals surface area contributed by atoms with Crippen LogP contribution < -0.4 is 15.8 Å². The molecule has 2 N–H and O–H groups in total. The van der Waals surface area contributed by atoms with Gasteiger partial charge in [-0.2, -0.15) is 0 Å². The molecule has 5 aliphatic rings. The van der Waals surface area contributed by atoms with Gasteiger partial charge < -0.3 is 25.1 Å². The molecule has 0 radical (unpaired) electrons. The molecule has 1 spiro atoms. The number of piperidine rings is 2. The van der Waals surface area contributed by atoms with E-state index in [4.69, 9.17) is 0 Å². The number of benzene rings is 1. The molecule has 4 atom stereocenters. The van der Waals surface area contributed by atoms with Gasteiger partial charge in [0.05, 0.1) is 24.5 Å². The molecule has 2 aliphatic carbocycles. The number of aliphatic hydroxyl groups is 1. The summed E-state index contributed by atoms with van der Waals surface area (Å²) in [7, 11) is 0. The van der Waals surface area contributed by atoms with E-state index in [0.717, 1.165) is 62.7 Å². The van der Waals surface area contributed by atoms with E-state index in [1.54, 1.807) is 22.2 Å². The number of aromatic nitrogens is 2. The average Bonchev–Trinajstić information content (AvgIpc) is 3.32. The number of anilines is 1. The van der Waals surface area contributed by atoms with Gasteiger partial charge in [0, 0.05) is 62.9 Å². The van der Waals surface area contributed by atoms with Crippen LogP contribution in [0.2, 0.25) is 0 Å². The summed E-state index contributed by atoms with van der Waals surface area (Å²) in [5.41, 5.74) is -1.73. The van der Waals surface area contributed by atoms with Gasteiger partial charge in [-0.3, -0.25) is 9.36 Å². The third-order valence-corrected chi connectivity index (χ3v) is 10.5. The summed E-state index contributed by atoms with van der Waals surface area (Å²) < 4.78 is 30.3. The van der Waals surface area contributed by atoms with Crippen molar-refractivity contribution in [3.8, 4) is 0 Å². The van der Waals surface area contributed by atoms with Crippen LogP contribution in [0.15, 0.2) is 35.4 Å². The van der Waals surface area contributed by atoms with E-state index in [1.165, 1.54) is 17.1 Å². The van der Waals surface area contributed by atoms with Crippen molar-refractivity contribution in [2.45, 2.75) is 56.7 Å². The number of rotatable bonds is 4. The highest BCUT2D eigenvalue weighted by atomic mass is 19.1. The van der Waals surface area contributed by atoms with E-state index in [-0.39, 0.29) is 23.7 Å². The average molecular weight is 569 g/mol. The number of hydrogen-bond donors (Lipinski definition) is 2. The van der Waals surface area contributed by atoms with Crippen LogP contribution >= 0.6 is 0 Å². The third kappa shape index (κ3) is 4.70. The molecule has 1 aromatic heterocycles. The second-order valence-corrected chi connectivity index (χ2v) is 12.9. The van der Waals surface area contributed by atoms with Crippen LogP contribution in [0.5, 0.6) is 0 Å². The summed E-state index contributed by atoms with van der Waals surface area (Å²) in [5.74, 6) is 1.10. The summed E-state index contributed by atoms with van der Waals surface area (Å²) in [6, 6.07) is 4.10. The van der Waals surface area contributed by atoms with E-state index in [0.29, 0.717) is 45.0 Å². The fourth-order valence-corrected chi connectivity index (χ4v) is 8.00. The molecule has 41 heavy (non-hydrogen) atoms. The summed E-state index contributed by atoms with van der Waals surface area (Å²) >= 11 is 0. The lowest BCUT2D eigenvalue weighted by molar-refractivity contribution is -0.137. The molecule has 4 heterocycles. The molecule has 2 unspecified atom stereocenters. The Labute approximate surface area is 238 Å². The first kappa shape index (κ1) is 26.8. The van der Waals surface area contributed by atoms with Gasteiger partial charge in [0.25, 0.3) is 5.56 Å². The van der Waals surface area contributed by atoms with Crippen molar-refractivity contribution in [1.29, 1.82) is 0 Å². The lowest BCUT2D eigenvalue weighted by Crippen LogP contribution is -2.64. The van der Waals surface area contributed by atoms with Crippen LogP contribution in [0.4, 0.5) is 19.4 Å². The highest BCUT2D eigenvalue weighted by Crippen LogP contribution is 2.52. The molecule has 3 aliphatic heterocycles. The van der Waals surface area contributed by atoms with Crippen molar-refractivity contribution >= 4 is 11.8 Å². The number of nitrogens with zero attached hydrogens (tertiary/aromatic N) is 5. The number of piperazine rings is 1. The van der Waals surface area contributed by atoms with Gasteiger partial charge in [0.15, 0.2) is 0 Å². The molecule has 7 rings (SSSR count). The number of fused-ring (bicyclic) bond motifs is 1. The van der Waals surface area contributed by atoms with E-state index >= 15 is 0 Å². The zero-order valence-electron chi connectivity index (χ0n) is 23.3. The Hall–Kier alpha value is -3.05. The first-order valence-electron chi connectivity index (χ1n) is 15.0. The SMILES string of the molecule is O=C(N1CC[C@@](O)(Cn2cnc(N3CC4CC4C3)cc2=O)C2(CCCC2)C1)N1CCNC[C@H]1c1cc(F)ccc1F. The van der Waals surface area contributed by atoms with Crippen molar-refractivity contribution in [3.63, 3.8) is 0 Å². The molecule has 2 saturated carbocycles. The van der Waals surface area contributed by atoms with Gasteiger partial charge in [0.1, 0.15) is 17.5 Å². The topological polar surface area (TPSA) is 93.9 Å². The van der Waals surface area contributed by atoms with Gasteiger partial charge >= 0.3 is 6.03 Å². The molecule has 1 aromatic carbocycles. The van der Waals surface area contributed by atoms with Crippen molar-refractivity contribution in [3.05, 3.63) is 58.1 Å². The largest absolute Gasteiger partial charge is 0.387 e. The number of halogens is 2. The number of hydrogen-bond acceptors (Lipinski definition) is 6. The Bertz CT molecular complexity index is 1390. The number of carbonyl (C=O) groups excluding carboxylic acids is 1. The normalized spacial score (nSPS) is 30.6. The minimum Gasteiger partial charge on any atom is -0.387 e. The van der Waals surface area contributed by atoms with Crippen LogP contribution in [0.25, 0.3) is 0 Å². The Morgan fingerprint density at radius 1 is 1.10 bits per heavy atom. The maximum Gasteiger partial charge on any atom is 0.320 e. The van der Waals surface area contributed by atoms with Gasteiger partial charge in [0.2, 0.25) is 0 Å². The highest BCUT2D eigenvalue weighted by molar-refractivity contribution is 5.75. The highest BCUT2D eigenvalue weighted by Gasteiger charge is 2.56. The second kappa shape index (κ2) is 10.0. The number of nitrogens with one attached hydrogen (secondary N) is 1. The molecule has 2 amide bonds. The predicted molar refractivity (Wildman–Crippen MR) is 148 cm³/mol. The van der Waals surface area contributed by atoms with Crippen LogP contribution in [-0.4, -0.2) is 81.9 Å². The number of likely N-dealkylation sites (tertiary alicyclic amines) is 1. The van der Waals surface area contributed by atoms with Crippen molar-refractivity contribution in [2.75, 3.05) is 50.7 Å². The van der Waals surface area contributed by atoms with Gasteiger partial charge in [-0.25, -0.2) is 18.6 Å². The molecule has 0 bridgehead atoms. The number of urea groups is 1. The zero-order chi connectivity index (χ0) is 28.4. The number of carbonyl (C=O) groups is 1. The van der Waals surface area contributed by atoms with E-state index in [1.807, 2.05) is 0 Å². The van der Waals surface area contributed by atoms with Crippen LogP contribution in [0.1, 0.15) is 50.1 Å². The van der Waals surface area contributed by atoms with Crippen LogP contribution in [-0.2, 0) is 6.54 Å². The van der Waals surface area contributed by atoms with Crippen LogP contribution in [0.3, 0.4) is 0 Å². The molecule has 3 saturated heterocycles. The number of amides is 2. The maximum atomic E-state index is 14.7. The van der Waals surface area contributed by atoms with Gasteiger partial charge in [-0.15, -0.1) is 0 Å². The standard InChI is InChI=1S/C30H38F2N6O3/c31-22-3-4-24(32)23(12-22)25-14-33-8-10-38(25)28(40)35-9-7-30(41,29(17-35)5-1-2-6-29)18-37-19-34-26(13-27(37)39)36-15-20-11-21(20)16-36/h3-4,12-13,19-21,25,33,41H,1-2,5-11,14-18H2/t20?,21?,25-,30+/m0/s1. The summed E-state index contributed by atoms with van der Waals surface area (Å²) in [5, 5.41) is 15.4. The fourth-order valence-electron chi connectivity index (χ4n) is 8.00. The summed E-state index contributed by atoms with van der Waals surface area (Å²) in [6.07, 6.45) is 6.57.